The molecule has 0 heterocycles. The second-order valence-corrected chi connectivity index (χ2v) is 4.61. The van der Waals surface area contributed by atoms with E-state index in [0.717, 1.165) is 5.56 Å². The Balaban J connectivity index is 3.04. The lowest BCUT2D eigenvalue weighted by Crippen LogP contribution is -2.19. The number of carbonyl (C=O) groups is 2. The van der Waals surface area contributed by atoms with Crippen molar-refractivity contribution in [1.29, 1.82) is 0 Å². The van der Waals surface area contributed by atoms with Crippen LogP contribution in [0.25, 0.3) is 0 Å². The highest BCUT2D eigenvalue weighted by Gasteiger charge is 2.12. The molecule has 5 nitrogen and oxygen atoms in total. The van der Waals surface area contributed by atoms with Gasteiger partial charge in [0.1, 0.15) is 0 Å². The highest BCUT2D eigenvalue weighted by Crippen LogP contribution is 2.25. The average molecular weight is 327 g/mol. The first-order valence-electron chi connectivity index (χ1n) is 5.52. The molecule has 0 aromatic heterocycles. The largest absolute Gasteiger partial charge is 0.504 e. The Morgan fingerprint density at radius 3 is 2.63 bits per heavy atom. The smallest absolute Gasteiger partial charge is 0.252 e. The van der Waals surface area contributed by atoms with Crippen molar-refractivity contribution < 1.29 is 14.3 Å². The maximum absolute atomic E-state index is 11.7. The molecule has 0 unspecified atom stereocenters. The van der Waals surface area contributed by atoms with E-state index in [0.29, 0.717) is 15.7 Å². The second-order valence-electron chi connectivity index (χ2n) is 3.75. The molecule has 2 amide bonds. The minimum Gasteiger partial charge on any atom is -0.504 e. The maximum atomic E-state index is 11.7. The van der Waals surface area contributed by atoms with Crippen LogP contribution in [0.3, 0.4) is 0 Å². The Labute approximate surface area is 120 Å². The number of amides is 2. The molecule has 0 bridgehead atoms. The molecule has 1 aromatic rings. The van der Waals surface area contributed by atoms with E-state index in [1.807, 2.05) is 6.92 Å². The van der Waals surface area contributed by atoms with Crippen LogP contribution in [-0.4, -0.2) is 26.0 Å². The van der Waals surface area contributed by atoms with E-state index in [1.165, 1.54) is 19.4 Å². The van der Waals surface area contributed by atoms with Crippen LogP contribution in [0.1, 0.15) is 15.9 Å². The third-order valence-electron chi connectivity index (χ3n) is 2.40. The number of ether oxygens (including phenoxy) is 1. The zero-order valence-electron chi connectivity index (χ0n) is 10.9. The van der Waals surface area contributed by atoms with Gasteiger partial charge in [-0.3, -0.25) is 9.59 Å². The zero-order valence-corrected chi connectivity index (χ0v) is 12.5. The Hall–Kier alpha value is -1.82. The van der Waals surface area contributed by atoms with Gasteiger partial charge in [-0.25, -0.2) is 0 Å². The molecule has 0 spiro atoms. The van der Waals surface area contributed by atoms with Gasteiger partial charge in [0.25, 0.3) is 11.8 Å². The lowest BCUT2D eigenvalue weighted by Gasteiger charge is -2.11. The summed E-state index contributed by atoms with van der Waals surface area (Å²) in [7, 11) is 3.01. The number of rotatable bonds is 4. The Morgan fingerprint density at radius 2 is 2.05 bits per heavy atom. The van der Waals surface area contributed by atoms with Gasteiger partial charge in [-0.15, -0.1) is 0 Å². The van der Waals surface area contributed by atoms with Crippen molar-refractivity contribution in [2.24, 2.45) is 0 Å². The van der Waals surface area contributed by atoms with Crippen molar-refractivity contribution in [1.82, 2.24) is 5.32 Å². The summed E-state index contributed by atoms with van der Waals surface area (Å²) in [5.74, 6) is -0.551. The number of halogens is 1. The number of carbonyl (C=O) groups excluding carboxylic acids is 2. The molecule has 0 aliphatic rings. The highest BCUT2D eigenvalue weighted by molar-refractivity contribution is 9.10. The predicted octanol–water partition coefficient (Wildman–Crippen LogP) is 2.22. The number of aryl methyl sites for hydroxylation is 1. The van der Waals surface area contributed by atoms with Crippen LogP contribution in [0.2, 0.25) is 0 Å². The summed E-state index contributed by atoms with van der Waals surface area (Å²) in [4.78, 5) is 23.2. The molecule has 19 heavy (non-hydrogen) atoms. The van der Waals surface area contributed by atoms with Crippen molar-refractivity contribution in [3.63, 3.8) is 0 Å². The van der Waals surface area contributed by atoms with Gasteiger partial charge in [0.15, 0.2) is 0 Å². The Kier molecular flexibility index (Phi) is 5.57. The van der Waals surface area contributed by atoms with Crippen molar-refractivity contribution >= 4 is 33.4 Å². The Morgan fingerprint density at radius 1 is 1.37 bits per heavy atom. The first-order valence-corrected chi connectivity index (χ1v) is 6.31. The number of anilines is 1. The van der Waals surface area contributed by atoms with E-state index in [4.69, 9.17) is 0 Å². The van der Waals surface area contributed by atoms with Crippen LogP contribution in [0.5, 0.6) is 0 Å². The molecule has 0 aliphatic carbocycles. The zero-order chi connectivity index (χ0) is 14.4. The summed E-state index contributed by atoms with van der Waals surface area (Å²) in [6.45, 7) is 1.84. The molecule has 102 valence electrons. The first-order chi connectivity index (χ1) is 8.99. The summed E-state index contributed by atoms with van der Waals surface area (Å²) in [6, 6.07) is 3.40. The summed E-state index contributed by atoms with van der Waals surface area (Å²) < 4.78 is 5.34. The number of hydrogen-bond acceptors (Lipinski definition) is 3. The van der Waals surface area contributed by atoms with Gasteiger partial charge >= 0.3 is 0 Å². The lowest BCUT2D eigenvalue weighted by atomic mass is 10.1. The molecule has 0 saturated carbocycles. The van der Waals surface area contributed by atoms with Crippen LogP contribution in [-0.2, 0) is 9.53 Å². The van der Waals surface area contributed by atoms with Gasteiger partial charge in [0.05, 0.1) is 18.9 Å². The molecular weight excluding hydrogens is 312 g/mol. The fraction of sp³-hybridized carbons (Fsp3) is 0.231. The van der Waals surface area contributed by atoms with Crippen molar-refractivity contribution in [2.75, 3.05) is 19.5 Å². The number of benzene rings is 1. The molecule has 2 N–H and O–H groups in total. The Bertz CT molecular complexity index is 527. The minimum absolute atomic E-state index is 0.227. The van der Waals surface area contributed by atoms with Crippen LogP contribution in [0.15, 0.2) is 28.9 Å². The van der Waals surface area contributed by atoms with Crippen molar-refractivity contribution in [3.05, 3.63) is 40.1 Å². The van der Waals surface area contributed by atoms with E-state index in [-0.39, 0.29) is 11.8 Å². The molecular formula is C13H15BrN2O3. The van der Waals surface area contributed by atoms with Gasteiger partial charge in [0.2, 0.25) is 0 Å². The molecule has 1 aromatic carbocycles. The maximum Gasteiger partial charge on any atom is 0.252 e. The number of hydrogen-bond donors (Lipinski definition) is 2. The van der Waals surface area contributed by atoms with Crippen LogP contribution < -0.4 is 10.6 Å². The SMILES string of the molecule is CNC(=O)c1cc(NC(=O)C=COC)c(C)cc1Br. The highest BCUT2D eigenvalue weighted by atomic mass is 79.9. The molecule has 1 rings (SSSR count). The van der Waals surface area contributed by atoms with E-state index in [2.05, 4.69) is 31.3 Å². The van der Waals surface area contributed by atoms with Crippen LogP contribution >= 0.6 is 15.9 Å². The summed E-state index contributed by atoms with van der Waals surface area (Å²) in [5, 5.41) is 5.23. The van der Waals surface area contributed by atoms with E-state index >= 15 is 0 Å². The van der Waals surface area contributed by atoms with Gasteiger partial charge < -0.3 is 15.4 Å². The standard InChI is InChI=1S/C13H15BrN2O3/c1-8-6-10(14)9(13(18)15-2)7-11(8)16-12(17)4-5-19-3/h4-7H,1-3H3,(H,15,18)(H,16,17). The van der Waals surface area contributed by atoms with Gasteiger partial charge in [-0.05, 0) is 40.5 Å². The van der Waals surface area contributed by atoms with E-state index in [1.54, 1.807) is 19.2 Å². The van der Waals surface area contributed by atoms with Crippen LogP contribution in [0, 0.1) is 6.92 Å². The van der Waals surface area contributed by atoms with E-state index in [9.17, 15) is 9.59 Å². The van der Waals surface area contributed by atoms with Gasteiger partial charge in [-0.2, -0.15) is 0 Å². The van der Waals surface area contributed by atoms with E-state index < -0.39 is 0 Å². The third kappa shape index (κ3) is 4.10. The molecule has 0 fully saturated rings. The number of nitrogens with one attached hydrogen (secondary N) is 2. The predicted molar refractivity (Wildman–Crippen MR) is 77.0 cm³/mol. The lowest BCUT2D eigenvalue weighted by molar-refractivity contribution is -0.112. The quantitative estimate of drug-likeness (QED) is 0.658. The third-order valence-corrected chi connectivity index (χ3v) is 3.06. The van der Waals surface area contributed by atoms with Gasteiger partial charge in [-0.1, -0.05) is 0 Å². The fourth-order valence-corrected chi connectivity index (χ4v) is 2.06. The summed E-state index contributed by atoms with van der Waals surface area (Å²) in [5.41, 5.74) is 1.88. The molecule has 0 saturated heterocycles. The van der Waals surface area contributed by atoms with Gasteiger partial charge in [0, 0.05) is 23.3 Å². The van der Waals surface area contributed by atoms with Crippen molar-refractivity contribution in [2.45, 2.75) is 6.92 Å². The number of methoxy groups -OCH3 is 1. The minimum atomic E-state index is -0.324. The summed E-state index contributed by atoms with van der Waals surface area (Å²) >= 11 is 3.32. The molecule has 6 heteroatoms. The molecule has 0 aliphatic heterocycles. The van der Waals surface area contributed by atoms with Crippen LogP contribution in [0.4, 0.5) is 5.69 Å². The topological polar surface area (TPSA) is 67.4 Å². The molecule has 0 atom stereocenters. The molecule has 0 radical (unpaired) electrons. The fourth-order valence-electron chi connectivity index (χ4n) is 1.42. The summed E-state index contributed by atoms with van der Waals surface area (Å²) in [6.07, 6.45) is 2.55. The van der Waals surface area contributed by atoms with Crippen molar-refractivity contribution in [3.8, 4) is 0 Å². The second kappa shape index (κ2) is 6.94. The average Bonchev–Trinajstić information content (AvgIpc) is 2.38. The normalized spacial score (nSPS) is 10.3. The first kappa shape index (κ1) is 15.2. The monoisotopic (exact) mass is 326 g/mol.